The quantitative estimate of drug-likeness (QED) is 0.623. The third-order valence-electron chi connectivity index (χ3n) is 3.40. The minimum absolute atomic E-state index is 0.173. The van der Waals surface area contributed by atoms with Crippen molar-refractivity contribution >= 4 is 16.9 Å². The first-order valence-corrected chi connectivity index (χ1v) is 7.10. The molecule has 4 heteroatoms. The summed E-state index contributed by atoms with van der Waals surface area (Å²) in [6.07, 6.45) is 3.66. The summed E-state index contributed by atoms with van der Waals surface area (Å²) in [5.74, 6) is -0.173. The largest absolute Gasteiger partial charge is 0.469 e. The lowest BCUT2D eigenvalue weighted by Crippen LogP contribution is -2.13. The molecule has 20 heavy (non-hydrogen) atoms. The van der Waals surface area contributed by atoms with E-state index in [1.807, 2.05) is 6.07 Å². The van der Waals surface area contributed by atoms with Crippen LogP contribution in [0.1, 0.15) is 25.3 Å². The highest BCUT2D eigenvalue weighted by Crippen LogP contribution is 2.21. The number of ether oxygens (including phenoxy) is 1. The number of hydrogen-bond acceptors (Lipinski definition) is 3. The van der Waals surface area contributed by atoms with Crippen molar-refractivity contribution in [3.05, 3.63) is 36.0 Å². The Balaban J connectivity index is 2.19. The number of carbonyl (C=O) groups excluding carboxylic acids is 1. The van der Waals surface area contributed by atoms with Crippen LogP contribution >= 0.6 is 0 Å². The van der Waals surface area contributed by atoms with E-state index in [4.69, 9.17) is 4.74 Å². The first-order chi connectivity index (χ1) is 9.76. The van der Waals surface area contributed by atoms with Gasteiger partial charge in [0.05, 0.1) is 13.5 Å². The molecule has 1 heterocycles. The molecule has 1 aromatic carbocycles. The minimum Gasteiger partial charge on any atom is -0.469 e. The molecular weight excluding hydrogens is 252 g/mol. The molecule has 0 amide bonds. The van der Waals surface area contributed by atoms with E-state index in [1.54, 1.807) is 0 Å². The number of nitrogens with zero attached hydrogens (tertiary/aromatic N) is 1. The average molecular weight is 274 g/mol. The van der Waals surface area contributed by atoms with E-state index >= 15 is 0 Å². The summed E-state index contributed by atoms with van der Waals surface area (Å²) in [5, 5.41) is 4.68. The number of esters is 1. The van der Waals surface area contributed by atoms with Crippen LogP contribution in [-0.2, 0) is 22.6 Å². The second-order valence-electron chi connectivity index (χ2n) is 4.87. The van der Waals surface area contributed by atoms with Crippen molar-refractivity contribution in [3.63, 3.8) is 0 Å². The molecule has 0 aliphatic rings. The number of aromatic nitrogens is 1. The van der Waals surface area contributed by atoms with E-state index in [0.717, 1.165) is 19.5 Å². The van der Waals surface area contributed by atoms with E-state index in [0.29, 0.717) is 13.0 Å². The zero-order valence-electron chi connectivity index (χ0n) is 12.2. The minimum atomic E-state index is -0.173. The fourth-order valence-electron chi connectivity index (χ4n) is 2.36. The van der Waals surface area contributed by atoms with Crippen molar-refractivity contribution in [2.24, 2.45) is 0 Å². The van der Waals surface area contributed by atoms with Gasteiger partial charge in [-0.15, -0.1) is 0 Å². The van der Waals surface area contributed by atoms with Gasteiger partial charge in [-0.05, 0) is 24.6 Å². The summed E-state index contributed by atoms with van der Waals surface area (Å²) in [7, 11) is 1.43. The van der Waals surface area contributed by atoms with Gasteiger partial charge in [0, 0.05) is 30.2 Å². The number of carbonyl (C=O) groups is 1. The van der Waals surface area contributed by atoms with Gasteiger partial charge in [0.25, 0.3) is 0 Å². The predicted molar refractivity (Wildman–Crippen MR) is 80.6 cm³/mol. The number of fused-ring (bicyclic) bond motifs is 1. The van der Waals surface area contributed by atoms with Crippen LogP contribution in [0.15, 0.2) is 30.5 Å². The average Bonchev–Trinajstić information content (AvgIpc) is 2.83. The molecule has 0 saturated heterocycles. The van der Waals surface area contributed by atoms with E-state index in [1.165, 1.54) is 23.6 Å². The number of aryl methyl sites for hydroxylation is 1. The lowest BCUT2D eigenvalue weighted by atomic mass is 10.2. The predicted octanol–water partition coefficient (Wildman–Crippen LogP) is 2.70. The zero-order chi connectivity index (χ0) is 14.4. The van der Waals surface area contributed by atoms with Crippen LogP contribution in [0.4, 0.5) is 0 Å². The molecule has 108 valence electrons. The van der Waals surface area contributed by atoms with Gasteiger partial charge < -0.3 is 14.6 Å². The summed E-state index contributed by atoms with van der Waals surface area (Å²) >= 11 is 0. The van der Waals surface area contributed by atoms with E-state index in [2.05, 4.69) is 41.2 Å². The molecule has 0 unspecified atom stereocenters. The third kappa shape index (κ3) is 3.39. The molecular formula is C16H22N2O2. The maximum atomic E-state index is 11.3. The topological polar surface area (TPSA) is 43.3 Å². The standard InChI is InChI=1S/C16H22N2O2/c1-3-9-17-11-13-12-18(10-8-16(19)20-2)15-7-5-4-6-14(13)15/h4-7,12,17H,3,8-11H2,1-2H3. The molecule has 0 atom stereocenters. The third-order valence-corrected chi connectivity index (χ3v) is 3.40. The molecule has 0 radical (unpaired) electrons. The molecule has 1 aromatic heterocycles. The van der Waals surface area contributed by atoms with Gasteiger partial charge in [-0.1, -0.05) is 25.1 Å². The molecule has 1 N–H and O–H groups in total. The molecule has 4 nitrogen and oxygen atoms in total. The molecule has 0 aliphatic carbocycles. The van der Waals surface area contributed by atoms with Crippen molar-refractivity contribution in [2.45, 2.75) is 32.9 Å². The Morgan fingerprint density at radius 3 is 2.90 bits per heavy atom. The number of nitrogens with one attached hydrogen (secondary N) is 1. The van der Waals surface area contributed by atoms with Gasteiger partial charge in [-0.3, -0.25) is 4.79 Å². The molecule has 0 bridgehead atoms. The molecule has 2 aromatic rings. The van der Waals surface area contributed by atoms with Gasteiger partial charge >= 0.3 is 5.97 Å². The van der Waals surface area contributed by atoms with Gasteiger partial charge in [0.1, 0.15) is 0 Å². The highest BCUT2D eigenvalue weighted by molar-refractivity contribution is 5.84. The lowest BCUT2D eigenvalue weighted by molar-refractivity contribution is -0.140. The van der Waals surface area contributed by atoms with Crippen LogP contribution in [0.3, 0.4) is 0 Å². The molecule has 0 saturated carbocycles. The Labute approximate surface area is 119 Å². The number of para-hydroxylation sites is 1. The maximum absolute atomic E-state index is 11.3. The second kappa shape index (κ2) is 7.10. The van der Waals surface area contributed by atoms with Crippen molar-refractivity contribution in [3.8, 4) is 0 Å². The second-order valence-corrected chi connectivity index (χ2v) is 4.87. The van der Waals surface area contributed by atoms with Crippen LogP contribution in [-0.4, -0.2) is 24.2 Å². The molecule has 0 aliphatic heterocycles. The van der Waals surface area contributed by atoms with E-state index in [9.17, 15) is 4.79 Å². The fraction of sp³-hybridized carbons (Fsp3) is 0.438. The van der Waals surface area contributed by atoms with Crippen molar-refractivity contribution in [1.29, 1.82) is 0 Å². The monoisotopic (exact) mass is 274 g/mol. The first kappa shape index (κ1) is 14.6. The summed E-state index contributed by atoms with van der Waals surface area (Å²) in [6.45, 7) is 4.69. The highest BCUT2D eigenvalue weighted by atomic mass is 16.5. The number of methoxy groups -OCH3 is 1. The molecule has 2 rings (SSSR count). The Morgan fingerprint density at radius 1 is 1.35 bits per heavy atom. The lowest BCUT2D eigenvalue weighted by Gasteiger charge is -2.03. The van der Waals surface area contributed by atoms with Crippen LogP contribution < -0.4 is 5.32 Å². The Kier molecular flexibility index (Phi) is 5.18. The van der Waals surface area contributed by atoms with E-state index in [-0.39, 0.29) is 5.97 Å². The molecule has 0 spiro atoms. The number of rotatable bonds is 7. The van der Waals surface area contributed by atoms with Crippen molar-refractivity contribution in [2.75, 3.05) is 13.7 Å². The van der Waals surface area contributed by atoms with Gasteiger partial charge in [-0.25, -0.2) is 0 Å². The smallest absolute Gasteiger partial charge is 0.307 e. The van der Waals surface area contributed by atoms with E-state index < -0.39 is 0 Å². The summed E-state index contributed by atoms with van der Waals surface area (Å²) in [4.78, 5) is 11.3. The first-order valence-electron chi connectivity index (χ1n) is 7.10. The fourth-order valence-corrected chi connectivity index (χ4v) is 2.36. The SMILES string of the molecule is CCCNCc1cn(CCC(=O)OC)c2ccccc12. The molecule has 0 fully saturated rings. The van der Waals surface area contributed by atoms with Crippen molar-refractivity contribution in [1.82, 2.24) is 9.88 Å². The van der Waals surface area contributed by atoms with Gasteiger partial charge in [0.2, 0.25) is 0 Å². The Morgan fingerprint density at radius 2 is 2.15 bits per heavy atom. The summed E-state index contributed by atoms with van der Waals surface area (Å²) in [6, 6.07) is 8.30. The maximum Gasteiger partial charge on any atom is 0.307 e. The van der Waals surface area contributed by atoms with Crippen LogP contribution in [0, 0.1) is 0 Å². The van der Waals surface area contributed by atoms with Crippen LogP contribution in [0.25, 0.3) is 10.9 Å². The van der Waals surface area contributed by atoms with Crippen LogP contribution in [0.5, 0.6) is 0 Å². The zero-order valence-corrected chi connectivity index (χ0v) is 12.2. The van der Waals surface area contributed by atoms with Gasteiger partial charge in [-0.2, -0.15) is 0 Å². The Bertz CT molecular complexity index is 575. The van der Waals surface area contributed by atoms with Crippen LogP contribution in [0.2, 0.25) is 0 Å². The normalized spacial score (nSPS) is 10.9. The summed E-state index contributed by atoms with van der Waals surface area (Å²) < 4.78 is 6.84. The number of benzene rings is 1. The van der Waals surface area contributed by atoms with Gasteiger partial charge in [0.15, 0.2) is 0 Å². The Hall–Kier alpha value is -1.81. The summed E-state index contributed by atoms with van der Waals surface area (Å²) in [5.41, 5.74) is 2.45. The highest BCUT2D eigenvalue weighted by Gasteiger charge is 2.09. The number of hydrogen-bond donors (Lipinski definition) is 1. The van der Waals surface area contributed by atoms with Crippen molar-refractivity contribution < 1.29 is 9.53 Å².